The number of carbonyl (C=O) groups is 1. The van der Waals surface area contributed by atoms with Crippen LogP contribution in [-0.4, -0.2) is 32.2 Å². The molecule has 0 N–H and O–H groups in total. The van der Waals surface area contributed by atoms with Crippen LogP contribution in [0.1, 0.15) is 61.3 Å². The standard InChI is InChI=1S/C29H34N4O3/c1-4-24-13-14-27-29(22-16-21(3)17-30-18-22)25(11-6-7-12-28(34)36-5-2)26(32-33(24)27)20-35-19-23-10-8-9-15-31-23/h8-10,13-18H,4-7,11-12,19-20H2,1-3H3. The molecule has 7 heteroatoms. The van der Waals surface area contributed by atoms with E-state index in [1.165, 1.54) is 0 Å². The van der Waals surface area contributed by atoms with E-state index in [-0.39, 0.29) is 5.97 Å². The molecule has 0 bridgehead atoms. The van der Waals surface area contributed by atoms with Gasteiger partial charge in [-0.15, -0.1) is 0 Å². The molecular formula is C29H34N4O3. The summed E-state index contributed by atoms with van der Waals surface area (Å²) >= 11 is 0. The molecule has 0 unspecified atom stereocenters. The molecule has 0 amide bonds. The normalized spacial score (nSPS) is 11.2. The van der Waals surface area contributed by atoms with Gasteiger partial charge in [-0.3, -0.25) is 14.8 Å². The fourth-order valence-corrected chi connectivity index (χ4v) is 4.47. The highest BCUT2D eigenvalue weighted by Crippen LogP contribution is 2.33. The molecule has 4 aromatic rings. The number of carbonyl (C=O) groups excluding carboxylic acids is 1. The van der Waals surface area contributed by atoms with Gasteiger partial charge in [0.25, 0.3) is 0 Å². The van der Waals surface area contributed by atoms with Gasteiger partial charge in [0.15, 0.2) is 0 Å². The number of fused-ring (bicyclic) bond motifs is 1. The maximum Gasteiger partial charge on any atom is 0.305 e. The Bertz CT molecular complexity index is 1300. The molecule has 0 saturated carbocycles. The summed E-state index contributed by atoms with van der Waals surface area (Å²) in [5.41, 5.74) is 8.43. The summed E-state index contributed by atoms with van der Waals surface area (Å²) in [6.07, 6.45) is 9.23. The van der Waals surface area contributed by atoms with Gasteiger partial charge in [-0.1, -0.05) is 13.0 Å². The fourth-order valence-electron chi connectivity index (χ4n) is 4.47. The van der Waals surface area contributed by atoms with E-state index in [4.69, 9.17) is 14.6 Å². The maximum absolute atomic E-state index is 11.9. The highest BCUT2D eigenvalue weighted by atomic mass is 16.5. The Hall–Kier alpha value is -3.58. The first kappa shape index (κ1) is 25.5. The van der Waals surface area contributed by atoms with Crippen molar-refractivity contribution < 1.29 is 14.3 Å². The molecule has 188 valence electrons. The third-order valence-corrected chi connectivity index (χ3v) is 6.16. The van der Waals surface area contributed by atoms with Gasteiger partial charge in [0.2, 0.25) is 0 Å². The van der Waals surface area contributed by atoms with Crippen LogP contribution in [0, 0.1) is 6.92 Å². The molecule has 4 heterocycles. The van der Waals surface area contributed by atoms with Gasteiger partial charge in [-0.05, 0) is 81.0 Å². The lowest BCUT2D eigenvalue weighted by molar-refractivity contribution is -0.143. The van der Waals surface area contributed by atoms with Gasteiger partial charge in [0.1, 0.15) is 0 Å². The second-order valence-electron chi connectivity index (χ2n) is 8.85. The summed E-state index contributed by atoms with van der Waals surface area (Å²) in [7, 11) is 0. The summed E-state index contributed by atoms with van der Waals surface area (Å²) < 4.78 is 13.3. The molecule has 0 radical (unpaired) electrons. The lowest BCUT2D eigenvalue weighted by atomic mass is 9.95. The first-order valence-electron chi connectivity index (χ1n) is 12.7. The summed E-state index contributed by atoms with van der Waals surface area (Å²) in [4.78, 5) is 20.7. The molecule has 0 aliphatic heterocycles. The van der Waals surface area contributed by atoms with Crippen LogP contribution < -0.4 is 0 Å². The number of aromatic nitrogens is 4. The van der Waals surface area contributed by atoms with Crippen molar-refractivity contribution in [3.05, 3.63) is 83.2 Å². The highest BCUT2D eigenvalue weighted by molar-refractivity contribution is 5.83. The number of ether oxygens (including phenoxy) is 2. The zero-order valence-electron chi connectivity index (χ0n) is 21.4. The Kier molecular flexibility index (Phi) is 8.79. The SMILES string of the molecule is CCOC(=O)CCCCc1c(COCc2ccccn2)nn2c(CC)ccc2c1-c1cncc(C)c1. The molecule has 0 aromatic carbocycles. The predicted molar refractivity (Wildman–Crippen MR) is 139 cm³/mol. The number of rotatable bonds is 12. The van der Waals surface area contributed by atoms with Crippen LogP contribution in [0.4, 0.5) is 0 Å². The highest BCUT2D eigenvalue weighted by Gasteiger charge is 2.19. The Morgan fingerprint density at radius 2 is 1.94 bits per heavy atom. The second-order valence-corrected chi connectivity index (χ2v) is 8.85. The molecule has 36 heavy (non-hydrogen) atoms. The molecule has 0 saturated heterocycles. The van der Waals surface area contributed by atoms with Crippen LogP contribution >= 0.6 is 0 Å². The lowest BCUT2D eigenvalue weighted by Gasteiger charge is -2.18. The minimum atomic E-state index is -0.146. The number of unbranched alkanes of at least 4 members (excludes halogenated alkanes) is 1. The van der Waals surface area contributed by atoms with Crippen molar-refractivity contribution >= 4 is 11.5 Å². The van der Waals surface area contributed by atoms with Crippen LogP contribution in [0.2, 0.25) is 0 Å². The average molecular weight is 487 g/mol. The topological polar surface area (TPSA) is 78.6 Å². The van der Waals surface area contributed by atoms with Gasteiger partial charge in [0, 0.05) is 41.8 Å². The van der Waals surface area contributed by atoms with Crippen molar-refractivity contribution in [3.63, 3.8) is 0 Å². The van der Waals surface area contributed by atoms with Crippen LogP contribution in [-0.2, 0) is 40.3 Å². The van der Waals surface area contributed by atoms with Crippen molar-refractivity contribution in [3.8, 4) is 11.1 Å². The first-order chi connectivity index (χ1) is 17.6. The van der Waals surface area contributed by atoms with Crippen molar-refractivity contribution in [2.24, 2.45) is 0 Å². The number of aryl methyl sites for hydroxylation is 2. The van der Waals surface area contributed by atoms with Crippen molar-refractivity contribution in [2.45, 2.75) is 66.1 Å². The zero-order valence-corrected chi connectivity index (χ0v) is 21.4. The molecule has 0 atom stereocenters. The van der Waals surface area contributed by atoms with E-state index in [9.17, 15) is 4.79 Å². The first-order valence-corrected chi connectivity index (χ1v) is 12.7. The van der Waals surface area contributed by atoms with Crippen molar-refractivity contribution in [1.29, 1.82) is 0 Å². The Morgan fingerprint density at radius 1 is 1.06 bits per heavy atom. The Labute approximate surface area is 212 Å². The number of pyridine rings is 2. The molecule has 0 fully saturated rings. The summed E-state index contributed by atoms with van der Waals surface area (Å²) in [5.74, 6) is -0.146. The third-order valence-electron chi connectivity index (χ3n) is 6.16. The van der Waals surface area contributed by atoms with Crippen molar-refractivity contribution in [1.82, 2.24) is 19.6 Å². The Morgan fingerprint density at radius 3 is 2.69 bits per heavy atom. The quantitative estimate of drug-likeness (QED) is 0.190. The van der Waals surface area contributed by atoms with E-state index in [1.54, 1.807) is 6.20 Å². The molecule has 4 aromatic heterocycles. The van der Waals surface area contributed by atoms with Gasteiger partial charge in [0.05, 0.1) is 36.7 Å². The molecule has 0 spiro atoms. The summed E-state index contributed by atoms with van der Waals surface area (Å²) in [6.45, 7) is 7.22. The van der Waals surface area contributed by atoms with Crippen molar-refractivity contribution in [2.75, 3.05) is 6.61 Å². The van der Waals surface area contributed by atoms with Crippen LogP contribution in [0.3, 0.4) is 0 Å². The minimum absolute atomic E-state index is 0.146. The van der Waals surface area contributed by atoms with Gasteiger partial charge in [-0.2, -0.15) is 5.10 Å². The average Bonchev–Trinajstić information content (AvgIpc) is 3.29. The molecule has 7 nitrogen and oxygen atoms in total. The largest absolute Gasteiger partial charge is 0.466 e. The lowest BCUT2D eigenvalue weighted by Crippen LogP contribution is -2.11. The molecule has 0 aliphatic rings. The smallest absolute Gasteiger partial charge is 0.305 e. The minimum Gasteiger partial charge on any atom is -0.466 e. The maximum atomic E-state index is 11.9. The van der Waals surface area contributed by atoms with Gasteiger partial charge >= 0.3 is 5.97 Å². The van der Waals surface area contributed by atoms with E-state index in [2.05, 4.69) is 42.0 Å². The molecular weight excluding hydrogens is 452 g/mol. The van der Waals surface area contributed by atoms with Crippen LogP contribution in [0.5, 0.6) is 0 Å². The van der Waals surface area contributed by atoms with Gasteiger partial charge < -0.3 is 9.47 Å². The zero-order chi connectivity index (χ0) is 25.3. The number of hydrogen-bond acceptors (Lipinski definition) is 6. The third kappa shape index (κ3) is 6.15. The molecule has 0 aliphatic carbocycles. The fraction of sp³-hybridized carbons (Fsp3) is 0.379. The van der Waals surface area contributed by atoms with E-state index in [0.29, 0.717) is 26.2 Å². The monoisotopic (exact) mass is 486 g/mol. The van der Waals surface area contributed by atoms with Crippen LogP contribution in [0.15, 0.2) is 55.0 Å². The predicted octanol–water partition coefficient (Wildman–Crippen LogP) is 5.65. The Balaban J connectivity index is 1.71. The van der Waals surface area contributed by atoms with Gasteiger partial charge in [-0.25, -0.2) is 4.52 Å². The van der Waals surface area contributed by atoms with E-state index >= 15 is 0 Å². The van der Waals surface area contributed by atoms with E-state index in [0.717, 1.165) is 70.5 Å². The van der Waals surface area contributed by atoms with E-state index < -0.39 is 0 Å². The number of hydrogen-bond donors (Lipinski definition) is 0. The summed E-state index contributed by atoms with van der Waals surface area (Å²) in [6, 6.07) is 12.3. The number of nitrogens with zero attached hydrogens (tertiary/aromatic N) is 4. The second kappa shape index (κ2) is 12.4. The van der Waals surface area contributed by atoms with E-state index in [1.807, 2.05) is 42.0 Å². The molecule has 4 rings (SSSR count). The summed E-state index contributed by atoms with van der Waals surface area (Å²) in [5, 5.41) is 5.05. The number of esters is 1. The van der Waals surface area contributed by atoms with Crippen LogP contribution in [0.25, 0.3) is 16.6 Å².